The van der Waals surface area contributed by atoms with E-state index in [1.165, 1.54) is 5.56 Å². The van der Waals surface area contributed by atoms with Crippen molar-refractivity contribution in [2.45, 2.75) is 12.5 Å². The van der Waals surface area contributed by atoms with E-state index in [2.05, 4.69) is 71.7 Å². The van der Waals surface area contributed by atoms with E-state index in [0.717, 1.165) is 34.5 Å². The first-order chi connectivity index (χ1) is 16.3. The van der Waals surface area contributed by atoms with Crippen LogP contribution in [0.4, 0.5) is 5.69 Å². The van der Waals surface area contributed by atoms with E-state index in [9.17, 15) is 5.26 Å². The lowest BCUT2D eigenvalue weighted by Crippen LogP contribution is -2.18. The molecule has 4 aromatic carbocycles. The van der Waals surface area contributed by atoms with Gasteiger partial charge in [-0.05, 0) is 40.5 Å². The Morgan fingerprint density at radius 2 is 1.39 bits per heavy atom. The van der Waals surface area contributed by atoms with Crippen molar-refractivity contribution in [1.29, 1.82) is 5.26 Å². The molecular weight excluding hydrogens is 402 g/mol. The maximum absolute atomic E-state index is 9.62. The molecule has 1 aliphatic rings. The average molecular weight is 426 g/mol. The third kappa shape index (κ3) is 4.46. The summed E-state index contributed by atoms with van der Waals surface area (Å²) in [4.78, 5) is 0. The Hall–Kier alpha value is -4.42. The minimum atomic E-state index is 0.141. The first kappa shape index (κ1) is 20.5. The summed E-state index contributed by atoms with van der Waals surface area (Å²) in [5.74, 6) is 0. The molecule has 1 unspecified atom stereocenters. The van der Waals surface area contributed by atoms with Crippen LogP contribution >= 0.6 is 0 Å². The molecule has 1 heterocycles. The van der Waals surface area contributed by atoms with Gasteiger partial charge in [-0.1, -0.05) is 103 Å². The fourth-order valence-corrected chi connectivity index (χ4v) is 4.18. The van der Waals surface area contributed by atoms with Crippen molar-refractivity contribution in [2.75, 3.05) is 5.01 Å². The molecule has 1 aliphatic heterocycles. The number of rotatable bonds is 5. The second kappa shape index (κ2) is 9.38. The van der Waals surface area contributed by atoms with Crippen molar-refractivity contribution in [3.05, 3.63) is 138 Å². The molecule has 33 heavy (non-hydrogen) atoms. The molecule has 158 valence electrons. The molecular formula is C30H23N3. The maximum Gasteiger partial charge on any atom is 0.0998 e. The summed E-state index contributed by atoms with van der Waals surface area (Å²) in [6.45, 7) is 0. The van der Waals surface area contributed by atoms with Gasteiger partial charge in [0.1, 0.15) is 0 Å². The van der Waals surface area contributed by atoms with Gasteiger partial charge in [-0.2, -0.15) is 10.4 Å². The van der Waals surface area contributed by atoms with Gasteiger partial charge in [0.2, 0.25) is 0 Å². The summed E-state index contributed by atoms with van der Waals surface area (Å²) in [6.07, 6.45) is 2.78. The van der Waals surface area contributed by atoms with E-state index in [4.69, 9.17) is 5.10 Å². The van der Waals surface area contributed by atoms with E-state index in [-0.39, 0.29) is 6.04 Å². The van der Waals surface area contributed by atoms with Gasteiger partial charge in [0.05, 0.1) is 29.1 Å². The van der Waals surface area contributed by atoms with E-state index in [0.29, 0.717) is 5.57 Å². The van der Waals surface area contributed by atoms with Gasteiger partial charge in [0, 0.05) is 6.42 Å². The van der Waals surface area contributed by atoms with E-state index in [1.807, 2.05) is 60.7 Å². The summed E-state index contributed by atoms with van der Waals surface area (Å²) < 4.78 is 0. The van der Waals surface area contributed by atoms with Gasteiger partial charge in [0.25, 0.3) is 0 Å². The highest BCUT2D eigenvalue weighted by molar-refractivity contribution is 6.03. The first-order valence-corrected chi connectivity index (χ1v) is 11.1. The van der Waals surface area contributed by atoms with E-state index >= 15 is 0 Å². The van der Waals surface area contributed by atoms with Crippen LogP contribution in [0.15, 0.2) is 120 Å². The Labute approximate surface area is 194 Å². The number of hydrogen-bond donors (Lipinski definition) is 0. The second-order valence-corrected chi connectivity index (χ2v) is 8.02. The zero-order chi connectivity index (χ0) is 22.5. The topological polar surface area (TPSA) is 39.4 Å². The van der Waals surface area contributed by atoms with Crippen molar-refractivity contribution >= 4 is 23.0 Å². The van der Waals surface area contributed by atoms with Crippen LogP contribution in [-0.2, 0) is 0 Å². The predicted molar refractivity (Wildman–Crippen MR) is 136 cm³/mol. The van der Waals surface area contributed by atoms with Gasteiger partial charge >= 0.3 is 0 Å². The van der Waals surface area contributed by atoms with Crippen molar-refractivity contribution in [2.24, 2.45) is 5.10 Å². The van der Waals surface area contributed by atoms with E-state index in [1.54, 1.807) is 0 Å². The van der Waals surface area contributed by atoms with Crippen molar-refractivity contribution in [3.8, 4) is 6.07 Å². The molecule has 4 aromatic rings. The molecule has 0 N–H and O–H groups in total. The summed E-state index contributed by atoms with van der Waals surface area (Å²) in [5, 5.41) is 16.8. The molecule has 0 amide bonds. The van der Waals surface area contributed by atoms with Crippen LogP contribution in [0.1, 0.15) is 34.7 Å². The number of benzene rings is 4. The number of allylic oxidation sites excluding steroid dienone is 1. The zero-order valence-corrected chi connectivity index (χ0v) is 18.2. The average Bonchev–Trinajstić information content (AvgIpc) is 3.35. The lowest BCUT2D eigenvalue weighted by molar-refractivity contribution is 0.709. The normalized spacial score (nSPS) is 15.7. The zero-order valence-electron chi connectivity index (χ0n) is 18.2. The number of nitrogens with zero attached hydrogens (tertiary/aromatic N) is 3. The summed E-state index contributed by atoms with van der Waals surface area (Å²) >= 11 is 0. The van der Waals surface area contributed by atoms with Crippen LogP contribution in [0.5, 0.6) is 0 Å². The molecule has 3 heteroatoms. The largest absolute Gasteiger partial charge is 0.257 e. The van der Waals surface area contributed by atoms with E-state index < -0.39 is 0 Å². The number of hydrazone groups is 1. The number of anilines is 1. The Bertz CT molecular complexity index is 1320. The monoisotopic (exact) mass is 425 g/mol. The SMILES string of the molecule is N#CC(=Cc1ccc(N2N=C(c3ccccc3)CC2c2ccccc2)cc1)c1ccccc1. The molecule has 0 saturated heterocycles. The van der Waals surface area contributed by atoms with Crippen LogP contribution in [0, 0.1) is 11.3 Å². The Morgan fingerprint density at radius 3 is 2.03 bits per heavy atom. The molecule has 0 bridgehead atoms. The molecule has 5 rings (SSSR count). The molecule has 3 nitrogen and oxygen atoms in total. The first-order valence-electron chi connectivity index (χ1n) is 11.1. The highest BCUT2D eigenvalue weighted by Gasteiger charge is 2.29. The maximum atomic E-state index is 9.62. The fourth-order valence-electron chi connectivity index (χ4n) is 4.18. The molecule has 0 spiro atoms. The highest BCUT2D eigenvalue weighted by atomic mass is 15.5. The second-order valence-electron chi connectivity index (χ2n) is 8.02. The lowest BCUT2D eigenvalue weighted by Gasteiger charge is -2.24. The fraction of sp³-hybridized carbons (Fsp3) is 0.0667. The predicted octanol–water partition coefficient (Wildman–Crippen LogP) is 7.11. The Balaban J connectivity index is 1.47. The van der Waals surface area contributed by atoms with Crippen molar-refractivity contribution in [3.63, 3.8) is 0 Å². The minimum Gasteiger partial charge on any atom is -0.257 e. The van der Waals surface area contributed by atoms with Gasteiger partial charge < -0.3 is 0 Å². The Kier molecular flexibility index (Phi) is 5.82. The molecule has 0 saturated carbocycles. The van der Waals surface area contributed by atoms with Crippen LogP contribution in [-0.4, -0.2) is 5.71 Å². The molecule has 0 radical (unpaired) electrons. The molecule has 0 fully saturated rings. The standard InChI is InChI=1S/C30H23N3/c31-22-27(24-10-4-1-5-11-24)20-23-16-18-28(19-17-23)33-30(26-14-8-3-9-15-26)21-29(32-33)25-12-6-2-7-13-25/h1-20,30H,21H2. The van der Waals surface area contributed by atoms with Crippen LogP contribution in [0.2, 0.25) is 0 Å². The molecule has 1 atom stereocenters. The summed E-state index contributed by atoms with van der Waals surface area (Å²) in [6, 6.07) is 41.4. The quantitative estimate of drug-likeness (QED) is 0.252. The number of hydrogen-bond acceptors (Lipinski definition) is 3. The van der Waals surface area contributed by atoms with Crippen LogP contribution in [0.3, 0.4) is 0 Å². The number of nitriles is 1. The smallest absolute Gasteiger partial charge is 0.0998 e. The van der Waals surface area contributed by atoms with Crippen molar-refractivity contribution < 1.29 is 0 Å². The van der Waals surface area contributed by atoms with Gasteiger partial charge in [-0.3, -0.25) is 5.01 Å². The van der Waals surface area contributed by atoms with Crippen molar-refractivity contribution in [1.82, 2.24) is 0 Å². The third-order valence-electron chi connectivity index (χ3n) is 5.88. The minimum absolute atomic E-state index is 0.141. The lowest BCUT2D eigenvalue weighted by atomic mass is 9.98. The highest BCUT2D eigenvalue weighted by Crippen LogP contribution is 2.36. The van der Waals surface area contributed by atoms with Crippen LogP contribution < -0.4 is 5.01 Å². The summed E-state index contributed by atoms with van der Waals surface area (Å²) in [7, 11) is 0. The van der Waals surface area contributed by atoms with Gasteiger partial charge in [-0.15, -0.1) is 0 Å². The third-order valence-corrected chi connectivity index (χ3v) is 5.88. The van der Waals surface area contributed by atoms with Gasteiger partial charge in [0.15, 0.2) is 0 Å². The summed E-state index contributed by atoms with van der Waals surface area (Å²) in [5.41, 5.74) is 7.08. The molecule has 0 aromatic heterocycles. The molecule has 0 aliphatic carbocycles. The Morgan fingerprint density at radius 1 is 0.788 bits per heavy atom. The van der Waals surface area contributed by atoms with Gasteiger partial charge in [-0.25, -0.2) is 0 Å². The van der Waals surface area contributed by atoms with Crippen LogP contribution in [0.25, 0.3) is 11.6 Å².